The number of aromatic nitrogens is 4. The summed E-state index contributed by atoms with van der Waals surface area (Å²) in [7, 11) is -3.27. The van der Waals surface area contributed by atoms with Gasteiger partial charge in [-0.25, -0.2) is 17.4 Å². The fraction of sp³-hybridized carbons (Fsp3) is 0.500. The number of aryl methyl sites for hydroxylation is 2. The SMILES string of the molecule is Cc1ccccc1C1CCN(S(=O)(=O)CCn2cnnn2)C1. The van der Waals surface area contributed by atoms with Gasteiger partial charge >= 0.3 is 0 Å². The Hall–Kier alpha value is -1.80. The molecule has 0 spiro atoms. The van der Waals surface area contributed by atoms with Crippen LogP contribution >= 0.6 is 0 Å². The third kappa shape index (κ3) is 3.17. The summed E-state index contributed by atoms with van der Waals surface area (Å²) in [5.41, 5.74) is 2.47. The minimum Gasteiger partial charge on any atom is -0.231 e. The molecule has 2 heterocycles. The highest BCUT2D eigenvalue weighted by atomic mass is 32.2. The topological polar surface area (TPSA) is 81.0 Å². The summed E-state index contributed by atoms with van der Waals surface area (Å²) in [5.74, 6) is 0.308. The number of nitrogens with zero attached hydrogens (tertiary/aromatic N) is 5. The lowest BCUT2D eigenvalue weighted by molar-refractivity contribution is 0.466. The second-order valence-corrected chi connectivity index (χ2v) is 7.68. The monoisotopic (exact) mass is 321 g/mol. The Morgan fingerprint density at radius 3 is 2.86 bits per heavy atom. The Balaban J connectivity index is 1.65. The predicted octanol–water partition coefficient (Wildman–Crippen LogP) is 0.801. The van der Waals surface area contributed by atoms with Crippen molar-refractivity contribution in [3.05, 3.63) is 41.7 Å². The lowest BCUT2D eigenvalue weighted by atomic mass is 9.94. The maximum absolute atomic E-state index is 12.4. The average molecular weight is 321 g/mol. The van der Waals surface area contributed by atoms with Gasteiger partial charge in [0.15, 0.2) is 0 Å². The van der Waals surface area contributed by atoms with Gasteiger partial charge < -0.3 is 0 Å². The number of rotatable bonds is 5. The van der Waals surface area contributed by atoms with Crippen molar-refractivity contribution in [3.63, 3.8) is 0 Å². The second-order valence-electron chi connectivity index (χ2n) is 5.59. The summed E-state index contributed by atoms with van der Waals surface area (Å²) >= 11 is 0. The summed E-state index contributed by atoms with van der Waals surface area (Å²) in [6, 6.07) is 8.19. The maximum Gasteiger partial charge on any atom is 0.215 e. The number of tetrazole rings is 1. The van der Waals surface area contributed by atoms with E-state index in [4.69, 9.17) is 0 Å². The van der Waals surface area contributed by atoms with Crippen LogP contribution in [0.25, 0.3) is 0 Å². The average Bonchev–Trinajstić information content (AvgIpc) is 3.18. The largest absolute Gasteiger partial charge is 0.231 e. The van der Waals surface area contributed by atoms with Gasteiger partial charge in [0.2, 0.25) is 10.0 Å². The molecule has 2 aromatic rings. The molecule has 1 aliphatic heterocycles. The van der Waals surface area contributed by atoms with E-state index >= 15 is 0 Å². The molecule has 1 atom stereocenters. The van der Waals surface area contributed by atoms with Crippen LogP contribution in [0.3, 0.4) is 0 Å². The first-order chi connectivity index (χ1) is 10.6. The number of hydrogen-bond acceptors (Lipinski definition) is 5. The fourth-order valence-corrected chi connectivity index (χ4v) is 4.37. The van der Waals surface area contributed by atoms with E-state index in [2.05, 4.69) is 34.6 Å². The van der Waals surface area contributed by atoms with Gasteiger partial charge in [-0.2, -0.15) is 0 Å². The van der Waals surface area contributed by atoms with Gasteiger partial charge in [-0.15, -0.1) is 5.10 Å². The molecule has 1 saturated heterocycles. The zero-order valence-electron chi connectivity index (χ0n) is 12.5. The molecule has 22 heavy (non-hydrogen) atoms. The number of sulfonamides is 1. The van der Waals surface area contributed by atoms with E-state index in [-0.39, 0.29) is 18.2 Å². The Morgan fingerprint density at radius 1 is 1.32 bits per heavy atom. The van der Waals surface area contributed by atoms with Crippen molar-refractivity contribution in [3.8, 4) is 0 Å². The van der Waals surface area contributed by atoms with Crippen molar-refractivity contribution >= 4 is 10.0 Å². The van der Waals surface area contributed by atoms with Crippen LogP contribution < -0.4 is 0 Å². The van der Waals surface area contributed by atoms with Crippen LogP contribution in [0.5, 0.6) is 0 Å². The smallest absolute Gasteiger partial charge is 0.215 e. The highest BCUT2D eigenvalue weighted by Crippen LogP contribution is 2.30. The molecule has 8 heteroatoms. The maximum atomic E-state index is 12.4. The van der Waals surface area contributed by atoms with Gasteiger partial charge in [0.1, 0.15) is 6.33 Å². The van der Waals surface area contributed by atoms with Crippen LogP contribution in [-0.4, -0.2) is 51.8 Å². The standard InChI is InChI=1S/C14H19N5O2S/c1-12-4-2-3-5-14(12)13-6-7-19(10-13)22(20,21)9-8-18-11-15-16-17-18/h2-5,11,13H,6-10H2,1H3. The molecule has 0 amide bonds. The third-order valence-corrected chi connectivity index (χ3v) is 5.96. The van der Waals surface area contributed by atoms with Crippen LogP contribution in [0, 0.1) is 6.92 Å². The molecule has 1 unspecified atom stereocenters. The summed E-state index contributed by atoms with van der Waals surface area (Å²) in [6.07, 6.45) is 2.30. The van der Waals surface area contributed by atoms with E-state index in [0.29, 0.717) is 13.1 Å². The molecule has 0 bridgehead atoms. The number of benzene rings is 1. The lowest BCUT2D eigenvalue weighted by Crippen LogP contribution is -2.32. The first kappa shape index (κ1) is 15.1. The van der Waals surface area contributed by atoms with Crippen LogP contribution in [0.2, 0.25) is 0 Å². The van der Waals surface area contributed by atoms with Crippen LogP contribution in [0.1, 0.15) is 23.5 Å². The molecule has 7 nitrogen and oxygen atoms in total. The summed E-state index contributed by atoms with van der Waals surface area (Å²) < 4.78 is 27.9. The van der Waals surface area contributed by atoms with E-state index in [1.54, 1.807) is 4.31 Å². The Bertz CT molecular complexity index is 729. The van der Waals surface area contributed by atoms with Crippen molar-refractivity contribution in [2.75, 3.05) is 18.8 Å². The Morgan fingerprint density at radius 2 is 2.14 bits per heavy atom. The predicted molar refractivity (Wildman–Crippen MR) is 81.7 cm³/mol. The normalized spacial score (nSPS) is 19.6. The van der Waals surface area contributed by atoms with Crippen molar-refractivity contribution in [1.29, 1.82) is 0 Å². The minimum absolute atomic E-state index is 0.0263. The second kappa shape index (κ2) is 6.13. The van der Waals surface area contributed by atoms with Crippen molar-refractivity contribution < 1.29 is 8.42 Å². The first-order valence-electron chi connectivity index (χ1n) is 7.30. The van der Waals surface area contributed by atoms with Crippen LogP contribution in [0.4, 0.5) is 0 Å². The third-order valence-electron chi connectivity index (χ3n) is 4.14. The zero-order chi connectivity index (χ0) is 15.6. The van der Waals surface area contributed by atoms with Gasteiger partial charge in [-0.05, 0) is 40.8 Å². The summed E-state index contributed by atoms with van der Waals surface area (Å²) in [4.78, 5) is 0. The van der Waals surface area contributed by atoms with Crippen molar-refractivity contribution in [1.82, 2.24) is 24.5 Å². The van der Waals surface area contributed by atoms with Crippen molar-refractivity contribution in [2.45, 2.75) is 25.8 Å². The lowest BCUT2D eigenvalue weighted by Gasteiger charge is -2.17. The van der Waals surface area contributed by atoms with E-state index in [0.717, 1.165) is 6.42 Å². The number of hydrogen-bond donors (Lipinski definition) is 0. The van der Waals surface area contributed by atoms with Gasteiger partial charge in [-0.3, -0.25) is 0 Å². The van der Waals surface area contributed by atoms with Gasteiger partial charge in [0, 0.05) is 13.1 Å². The first-order valence-corrected chi connectivity index (χ1v) is 8.91. The molecular formula is C14H19N5O2S. The van der Waals surface area contributed by atoms with Crippen LogP contribution in [0.15, 0.2) is 30.6 Å². The van der Waals surface area contributed by atoms with Crippen molar-refractivity contribution in [2.24, 2.45) is 0 Å². The van der Waals surface area contributed by atoms with Gasteiger partial charge in [-0.1, -0.05) is 24.3 Å². The van der Waals surface area contributed by atoms with E-state index in [1.165, 1.54) is 22.1 Å². The molecule has 1 aromatic carbocycles. The summed E-state index contributed by atoms with van der Waals surface area (Å²) in [5, 5.41) is 10.7. The highest BCUT2D eigenvalue weighted by Gasteiger charge is 2.32. The van der Waals surface area contributed by atoms with Crippen LogP contribution in [-0.2, 0) is 16.6 Å². The quantitative estimate of drug-likeness (QED) is 0.814. The molecule has 1 aromatic heterocycles. The molecule has 1 aliphatic rings. The zero-order valence-corrected chi connectivity index (χ0v) is 13.3. The molecule has 0 radical (unpaired) electrons. The van der Waals surface area contributed by atoms with E-state index in [1.807, 2.05) is 12.1 Å². The minimum atomic E-state index is -3.27. The Kier molecular flexibility index (Phi) is 4.21. The molecule has 0 aliphatic carbocycles. The van der Waals surface area contributed by atoms with E-state index < -0.39 is 10.0 Å². The molecule has 1 fully saturated rings. The molecular weight excluding hydrogens is 302 g/mol. The molecule has 118 valence electrons. The molecule has 0 N–H and O–H groups in total. The molecule has 3 rings (SSSR count). The van der Waals surface area contributed by atoms with Gasteiger partial charge in [0.25, 0.3) is 0 Å². The summed E-state index contributed by atoms with van der Waals surface area (Å²) in [6.45, 7) is 3.49. The Labute approximate surface area is 130 Å². The van der Waals surface area contributed by atoms with E-state index in [9.17, 15) is 8.42 Å². The van der Waals surface area contributed by atoms with Gasteiger partial charge in [0.05, 0.1) is 12.3 Å². The molecule has 0 saturated carbocycles. The fourth-order valence-electron chi connectivity index (χ4n) is 2.90. The highest BCUT2D eigenvalue weighted by molar-refractivity contribution is 7.89.